The summed E-state index contributed by atoms with van der Waals surface area (Å²) in [7, 11) is 0. The lowest BCUT2D eigenvalue weighted by atomic mass is 10.3. The number of nitro groups is 1. The molecule has 4 aromatic rings. The Kier molecular flexibility index (Phi) is 5.04. The van der Waals surface area contributed by atoms with Gasteiger partial charge in [-0.3, -0.25) is 0 Å². The number of hydrogen-bond donors (Lipinski definition) is 1. The highest BCUT2D eigenvalue weighted by Gasteiger charge is 2.11. The normalized spacial score (nSPS) is 10.0. The second kappa shape index (κ2) is 7.75. The van der Waals surface area contributed by atoms with Crippen LogP contribution in [0.4, 0.5) is 11.6 Å². The van der Waals surface area contributed by atoms with Crippen LogP contribution in [0.2, 0.25) is 0 Å². The van der Waals surface area contributed by atoms with Crippen LogP contribution in [0.1, 0.15) is 0 Å². The Morgan fingerprint density at radius 1 is 0.769 bits per heavy atom. The molecule has 0 spiro atoms. The van der Waals surface area contributed by atoms with Crippen molar-refractivity contribution in [2.45, 2.75) is 0 Å². The molecule has 0 saturated heterocycles. The summed E-state index contributed by atoms with van der Waals surface area (Å²) in [6, 6.07) is 22.2. The summed E-state index contributed by atoms with van der Waals surface area (Å²) in [5.41, 5.74) is 7.31. The van der Waals surface area contributed by atoms with Gasteiger partial charge in [-0.05, 0) is 29.2 Å². The van der Waals surface area contributed by atoms with Crippen LogP contribution < -0.4 is 5.73 Å². The predicted octanol–water partition coefficient (Wildman–Crippen LogP) is 3.24. The molecule has 4 rings (SSSR count). The molecule has 2 N–H and O–H groups in total. The van der Waals surface area contributed by atoms with Gasteiger partial charge in [-0.25, -0.2) is 4.68 Å². The first-order chi connectivity index (χ1) is 12.6. The number of aromatic nitrogens is 4. The third kappa shape index (κ3) is 4.12. The Labute approximate surface area is 149 Å². The van der Waals surface area contributed by atoms with Gasteiger partial charge in [0.25, 0.3) is 0 Å². The molecule has 0 saturated carbocycles. The smallest absolute Gasteiger partial charge is 0.382 e. The third-order valence-corrected chi connectivity index (χ3v) is 3.41. The first kappa shape index (κ1) is 16.9. The molecule has 0 unspecified atom stereocenters. The molecule has 0 aliphatic heterocycles. The number of hydrogen-bond acceptors (Lipinski definition) is 5. The molecule has 2 heterocycles. The van der Waals surface area contributed by atoms with E-state index >= 15 is 0 Å². The number of nitrogens with zero attached hydrogens (tertiary/aromatic N) is 5. The second-order valence-electron chi connectivity index (χ2n) is 5.23. The van der Waals surface area contributed by atoms with Crippen molar-refractivity contribution in [1.82, 2.24) is 19.6 Å². The van der Waals surface area contributed by atoms with Crippen LogP contribution in [0, 0.1) is 10.1 Å². The quantitative estimate of drug-likeness (QED) is 0.452. The standard InChI is InChI=1S/C9H7N3O2.C9H9N3/c13-12(14)9-6-7-11(10-9)8-4-2-1-3-5-8;10-9-6-7-12(11-9)8-4-2-1-3-5-8/h1-7H;1-7H,(H2,10,11). The first-order valence-corrected chi connectivity index (χ1v) is 7.75. The topological polar surface area (TPSA) is 105 Å². The highest BCUT2D eigenvalue weighted by Crippen LogP contribution is 2.11. The molecular formula is C18H16N6O2. The number of para-hydroxylation sites is 2. The molecule has 130 valence electrons. The minimum absolute atomic E-state index is 0.145. The molecule has 0 aliphatic rings. The van der Waals surface area contributed by atoms with E-state index in [2.05, 4.69) is 10.2 Å². The lowest BCUT2D eigenvalue weighted by molar-refractivity contribution is -0.389. The van der Waals surface area contributed by atoms with Gasteiger partial charge in [-0.1, -0.05) is 36.4 Å². The number of rotatable bonds is 3. The second-order valence-corrected chi connectivity index (χ2v) is 5.23. The molecule has 8 nitrogen and oxygen atoms in total. The Morgan fingerprint density at radius 3 is 1.69 bits per heavy atom. The monoisotopic (exact) mass is 348 g/mol. The van der Waals surface area contributed by atoms with Crippen LogP contribution in [0.25, 0.3) is 11.4 Å². The van der Waals surface area contributed by atoms with Crippen LogP contribution in [0.3, 0.4) is 0 Å². The number of nitrogens with two attached hydrogens (primary N) is 1. The maximum absolute atomic E-state index is 10.4. The molecule has 2 aromatic heterocycles. The highest BCUT2D eigenvalue weighted by molar-refractivity contribution is 5.34. The average Bonchev–Trinajstić information content (AvgIpc) is 3.33. The van der Waals surface area contributed by atoms with Gasteiger partial charge in [-0.2, -0.15) is 5.10 Å². The lowest BCUT2D eigenvalue weighted by Gasteiger charge is -1.98. The Morgan fingerprint density at radius 2 is 1.27 bits per heavy atom. The summed E-state index contributed by atoms with van der Waals surface area (Å²) in [6.07, 6.45) is 3.40. The van der Waals surface area contributed by atoms with E-state index in [9.17, 15) is 10.1 Å². The van der Waals surface area contributed by atoms with Gasteiger partial charge in [0.05, 0.1) is 28.7 Å². The van der Waals surface area contributed by atoms with Crippen molar-refractivity contribution in [3.63, 3.8) is 0 Å². The van der Waals surface area contributed by atoms with Gasteiger partial charge in [0.1, 0.15) is 5.82 Å². The van der Waals surface area contributed by atoms with Crippen LogP contribution in [0.15, 0.2) is 85.2 Å². The van der Waals surface area contributed by atoms with Crippen molar-refractivity contribution < 1.29 is 4.92 Å². The van der Waals surface area contributed by atoms with Crippen molar-refractivity contribution in [3.05, 3.63) is 95.3 Å². The minimum atomic E-state index is -0.514. The van der Waals surface area contributed by atoms with Gasteiger partial charge in [-0.15, -0.1) is 4.68 Å². The Hall–Kier alpha value is -3.94. The molecule has 8 heteroatoms. The van der Waals surface area contributed by atoms with Crippen molar-refractivity contribution in [2.24, 2.45) is 0 Å². The zero-order valence-corrected chi connectivity index (χ0v) is 13.7. The van der Waals surface area contributed by atoms with Crippen LogP contribution in [-0.4, -0.2) is 24.5 Å². The zero-order valence-electron chi connectivity index (χ0n) is 13.7. The fourth-order valence-corrected chi connectivity index (χ4v) is 2.20. The Balaban J connectivity index is 0.000000152. The zero-order chi connectivity index (χ0) is 18.4. The number of nitrogen functional groups attached to an aromatic ring is 1. The van der Waals surface area contributed by atoms with Gasteiger partial charge in [0.15, 0.2) is 0 Å². The fourth-order valence-electron chi connectivity index (χ4n) is 2.20. The van der Waals surface area contributed by atoms with Crippen molar-refractivity contribution in [1.29, 1.82) is 0 Å². The molecule has 2 aromatic carbocycles. The molecule has 0 fully saturated rings. The SMILES string of the molecule is Nc1ccn(-c2ccccc2)n1.O=[N+]([O-])c1ccn(-c2ccccc2)n1. The maximum Gasteiger partial charge on any atom is 0.390 e. The van der Waals surface area contributed by atoms with Gasteiger partial charge in [0.2, 0.25) is 0 Å². The van der Waals surface area contributed by atoms with Crippen LogP contribution in [-0.2, 0) is 0 Å². The van der Waals surface area contributed by atoms with Crippen LogP contribution in [0.5, 0.6) is 0 Å². The molecule has 0 radical (unpaired) electrons. The van der Waals surface area contributed by atoms with Crippen LogP contribution >= 0.6 is 0 Å². The summed E-state index contributed by atoms with van der Waals surface area (Å²) < 4.78 is 3.22. The van der Waals surface area contributed by atoms with E-state index in [-0.39, 0.29) is 5.82 Å². The summed E-state index contributed by atoms with van der Waals surface area (Å²) in [4.78, 5) is 9.86. The summed E-state index contributed by atoms with van der Waals surface area (Å²) >= 11 is 0. The molecule has 26 heavy (non-hydrogen) atoms. The van der Waals surface area contributed by atoms with E-state index in [0.717, 1.165) is 11.4 Å². The average molecular weight is 348 g/mol. The summed E-state index contributed by atoms with van der Waals surface area (Å²) in [5.74, 6) is 0.396. The van der Waals surface area contributed by atoms with E-state index < -0.39 is 4.92 Å². The van der Waals surface area contributed by atoms with E-state index in [1.807, 2.05) is 66.9 Å². The fraction of sp³-hybridized carbons (Fsp3) is 0. The largest absolute Gasteiger partial charge is 0.390 e. The number of benzene rings is 2. The minimum Gasteiger partial charge on any atom is -0.382 e. The van der Waals surface area contributed by atoms with E-state index in [1.165, 1.54) is 10.7 Å². The third-order valence-electron chi connectivity index (χ3n) is 3.41. The predicted molar refractivity (Wildman–Crippen MR) is 98.2 cm³/mol. The summed E-state index contributed by atoms with van der Waals surface area (Å²) in [5, 5.41) is 18.2. The van der Waals surface area contributed by atoms with Gasteiger partial charge in [0, 0.05) is 12.3 Å². The Bertz CT molecular complexity index is 979. The van der Waals surface area contributed by atoms with Crippen molar-refractivity contribution in [2.75, 3.05) is 5.73 Å². The maximum atomic E-state index is 10.4. The van der Waals surface area contributed by atoms with Crippen molar-refractivity contribution in [3.8, 4) is 11.4 Å². The molecule has 0 atom stereocenters. The van der Waals surface area contributed by atoms with Gasteiger partial charge < -0.3 is 15.8 Å². The van der Waals surface area contributed by atoms with Crippen molar-refractivity contribution >= 4 is 11.6 Å². The molecule has 0 aliphatic carbocycles. The van der Waals surface area contributed by atoms with E-state index in [4.69, 9.17) is 5.73 Å². The molecule has 0 amide bonds. The summed E-state index contributed by atoms with van der Waals surface area (Å²) in [6.45, 7) is 0. The molecule has 0 bridgehead atoms. The lowest BCUT2D eigenvalue weighted by Crippen LogP contribution is -1.95. The number of anilines is 1. The van der Waals surface area contributed by atoms with Gasteiger partial charge >= 0.3 is 5.82 Å². The highest BCUT2D eigenvalue weighted by atomic mass is 16.6. The van der Waals surface area contributed by atoms with E-state index in [1.54, 1.807) is 16.9 Å². The van der Waals surface area contributed by atoms with E-state index in [0.29, 0.717) is 5.82 Å². The first-order valence-electron chi connectivity index (χ1n) is 7.75. The molecular weight excluding hydrogens is 332 g/mol.